The fourth-order valence-corrected chi connectivity index (χ4v) is 7.67. The predicted octanol–water partition coefficient (Wildman–Crippen LogP) is 8.22. The number of hydrogen-bond acceptors (Lipinski definition) is 10. The molecule has 2 aliphatic rings. The van der Waals surface area contributed by atoms with Gasteiger partial charge in [0.05, 0.1) is 17.2 Å². The fraction of sp³-hybridized carbons (Fsp3) is 0.341. The number of nitriles is 1. The number of fused-ring (bicyclic) bond motifs is 2. The van der Waals surface area contributed by atoms with Gasteiger partial charge in [0, 0.05) is 43.6 Å². The Bertz CT molecular complexity index is 2370. The molecule has 53 heavy (non-hydrogen) atoms. The largest absolute Gasteiger partial charge is 0.435 e. The van der Waals surface area contributed by atoms with Gasteiger partial charge in [-0.1, -0.05) is 30.7 Å². The van der Waals surface area contributed by atoms with Crippen LogP contribution in [0.4, 0.5) is 20.3 Å². The van der Waals surface area contributed by atoms with E-state index in [1.54, 1.807) is 12.3 Å². The van der Waals surface area contributed by atoms with Crippen LogP contribution in [0.25, 0.3) is 44.7 Å². The summed E-state index contributed by atoms with van der Waals surface area (Å²) in [5.41, 5.74) is 9.41. The predicted molar refractivity (Wildman–Crippen MR) is 200 cm³/mol. The van der Waals surface area contributed by atoms with Crippen molar-refractivity contribution in [2.45, 2.75) is 65.1 Å². The molecule has 10 nitrogen and oxygen atoms in total. The lowest BCUT2D eigenvalue weighted by molar-refractivity contribution is 0.141. The Morgan fingerprint density at radius 3 is 2.38 bits per heavy atom. The van der Waals surface area contributed by atoms with Crippen molar-refractivity contribution in [3.05, 3.63) is 94.4 Å². The molecule has 0 amide bonds. The lowest BCUT2D eigenvalue weighted by Crippen LogP contribution is -2.29. The molecule has 6 aromatic rings. The molecule has 2 fully saturated rings. The number of alkyl halides is 2. The molecule has 0 bridgehead atoms. The number of benzene rings is 3. The number of aliphatic hydroxyl groups excluding tert-OH is 1. The first-order valence-corrected chi connectivity index (χ1v) is 18.1. The molecule has 2 aliphatic heterocycles. The number of oxazole rings is 1. The molecule has 3 aromatic carbocycles. The standard InChI is InChI=1S/C41H40F2N8O2/c1-24-30(8-6-10-32(24)41-48-35-17-26(16-28(19-44)37(35)53-41)21-50-13-4-3-5-14-50)31-9-7-11-33(25(31)2)46-39-36-34(47-40(49-39)38(42)43)18-27(20-45-36)22-51-15-12-29(52)23-51/h6-11,16-18,20,29,38,52H,3-5,12-15,21-23H2,1-2H3,(H,46,47,49)/t29-/m1/s1. The summed E-state index contributed by atoms with van der Waals surface area (Å²) in [5, 5.41) is 23.2. The Kier molecular flexibility index (Phi) is 9.55. The summed E-state index contributed by atoms with van der Waals surface area (Å²) in [5.74, 6) is 0.0549. The molecule has 0 unspecified atom stereocenters. The van der Waals surface area contributed by atoms with Crippen molar-refractivity contribution in [2.24, 2.45) is 0 Å². The topological polar surface area (TPSA) is 127 Å². The molecular formula is C41H40F2N8O2. The highest BCUT2D eigenvalue weighted by Gasteiger charge is 2.23. The maximum atomic E-state index is 14.1. The Morgan fingerprint density at radius 2 is 1.62 bits per heavy atom. The Labute approximate surface area is 306 Å². The first kappa shape index (κ1) is 34.7. The van der Waals surface area contributed by atoms with Gasteiger partial charge in [-0.2, -0.15) is 5.26 Å². The number of aromatic nitrogens is 4. The molecule has 0 radical (unpaired) electrons. The number of pyridine rings is 1. The molecule has 2 N–H and O–H groups in total. The number of aliphatic hydroxyl groups is 1. The maximum absolute atomic E-state index is 14.1. The number of piperidine rings is 1. The highest BCUT2D eigenvalue weighted by Crippen LogP contribution is 2.38. The zero-order valence-electron chi connectivity index (χ0n) is 29.7. The summed E-state index contributed by atoms with van der Waals surface area (Å²) in [6, 6.07) is 19.8. The molecule has 0 saturated carbocycles. The van der Waals surface area contributed by atoms with Crippen molar-refractivity contribution in [3.8, 4) is 28.7 Å². The van der Waals surface area contributed by atoms with Gasteiger partial charge in [-0.15, -0.1) is 0 Å². The summed E-state index contributed by atoms with van der Waals surface area (Å²) in [7, 11) is 0. The third kappa shape index (κ3) is 7.08. The molecular weight excluding hydrogens is 675 g/mol. The lowest BCUT2D eigenvalue weighted by Gasteiger charge is -2.26. The Hall–Kier alpha value is -5.35. The van der Waals surface area contributed by atoms with Crippen LogP contribution in [-0.2, 0) is 13.1 Å². The van der Waals surface area contributed by atoms with Crippen molar-refractivity contribution in [1.82, 2.24) is 29.7 Å². The highest BCUT2D eigenvalue weighted by atomic mass is 19.3. The Balaban J connectivity index is 1.11. The average Bonchev–Trinajstić information content (AvgIpc) is 3.78. The molecule has 8 rings (SSSR count). The van der Waals surface area contributed by atoms with Crippen molar-refractivity contribution >= 4 is 33.6 Å². The van der Waals surface area contributed by atoms with Crippen LogP contribution in [0.15, 0.2) is 65.2 Å². The summed E-state index contributed by atoms with van der Waals surface area (Å²) in [4.78, 5) is 22.4. The molecule has 0 aliphatic carbocycles. The third-order valence-electron chi connectivity index (χ3n) is 10.4. The smallest absolute Gasteiger partial charge is 0.297 e. The van der Waals surface area contributed by atoms with Crippen molar-refractivity contribution < 1.29 is 18.3 Å². The number of anilines is 2. The molecule has 1 atom stereocenters. The second kappa shape index (κ2) is 14.6. The monoisotopic (exact) mass is 714 g/mol. The van der Waals surface area contributed by atoms with E-state index in [0.29, 0.717) is 58.8 Å². The minimum atomic E-state index is -2.87. The molecule has 2 saturated heterocycles. The molecule has 3 aromatic heterocycles. The summed E-state index contributed by atoms with van der Waals surface area (Å²) in [6.45, 7) is 8.74. The molecule has 12 heteroatoms. The van der Waals surface area contributed by atoms with Gasteiger partial charge in [0.15, 0.2) is 17.2 Å². The summed E-state index contributed by atoms with van der Waals surface area (Å²) < 4.78 is 34.4. The van der Waals surface area contributed by atoms with Gasteiger partial charge in [-0.05, 0) is 110 Å². The van der Waals surface area contributed by atoms with Gasteiger partial charge < -0.3 is 14.8 Å². The molecule has 270 valence electrons. The van der Waals surface area contributed by atoms with E-state index in [9.17, 15) is 19.1 Å². The zero-order chi connectivity index (χ0) is 36.6. The van der Waals surface area contributed by atoms with Crippen molar-refractivity contribution in [1.29, 1.82) is 5.26 Å². The van der Waals surface area contributed by atoms with Crippen LogP contribution in [-0.4, -0.2) is 67.1 Å². The fourth-order valence-electron chi connectivity index (χ4n) is 7.67. The van der Waals surface area contributed by atoms with E-state index in [0.717, 1.165) is 65.1 Å². The van der Waals surface area contributed by atoms with Gasteiger partial charge >= 0.3 is 0 Å². The van der Waals surface area contributed by atoms with Crippen molar-refractivity contribution in [2.75, 3.05) is 31.5 Å². The summed E-state index contributed by atoms with van der Waals surface area (Å²) in [6.07, 6.45) is 2.83. The van der Waals surface area contributed by atoms with E-state index in [1.165, 1.54) is 19.3 Å². The lowest BCUT2D eigenvalue weighted by atomic mass is 9.93. The minimum absolute atomic E-state index is 0.193. The van der Waals surface area contributed by atoms with E-state index in [4.69, 9.17) is 9.40 Å². The zero-order valence-corrected chi connectivity index (χ0v) is 29.7. The normalized spacial score (nSPS) is 16.9. The van der Waals surface area contributed by atoms with Crippen LogP contribution in [0.5, 0.6) is 0 Å². The first-order valence-electron chi connectivity index (χ1n) is 18.1. The van der Waals surface area contributed by atoms with Gasteiger partial charge in [0.1, 0.15) is 17.1 Å². The van der Waals surface area contributed by atoms with E-state index in [-0.39, 0.29) is 11.9 Å². The number of nitrogens with zero attached hydrogens (tertiary/aromatic N) is 7. The van der Waals surface area contributed by atoms with E-state index >= 15 is 0 Å². The van der Waals surface area contributed by atoms with Crippen LogP contribution in [0, 0.1) is 25.2 Å². The molecule has 0 spiro atoms. The first-order chi connectivity index (χ1) is 25.7. The number of β-amino-alcohol motifs (C(OH)–C–C–N with tert-alkyl or cyclic N) is 1. The van der Waals surface area contributed by atoms with Gasteiger partial charge in [-0.25, -0.2) is 23.7 Å². The maximum Gasteiger partial charge on any atom is 0.297 e. The third-order valence-corrected chi connectivity index (χ3v) is 10.4. The second-order valence-electron chi connectivity index (χ2n) is 14.2. The quantitative estimate of drug-likeness (QED) is 0.151. The van der Waals surface area contributed by atoms with E-state index < -0.39 is 12.2 Å². The average molecular weight is 715 g/mol. The van der Waals surface area contributed by atoms with Crippen LogP contribution < -0.4 is 5.32 Å². The van der Waals surface area contributed by atoms with Gasteiger partial charge in [0.25, 0.3) is 6.43 Å². The number of nitrogens with one attached hydrogen (secondary N) is 1. The summed E-state index contributed by atoms with van der Waals surface area (Å²) >= 11 is 0. The SMILES string of the molecule is Cc1c(Nc2nc(C(F)F)nc3cc(CN4CC[C@@H](O)C4)cnc23)cccc1-c1cccc(-c2nc3cc(CN4CCCCC4)cc(C#N)c3o2)c1C. The van der Waals surface area contributed by atoms with Crippen molar-refractivity contribution in [3.63, 3.8) is 0 Å². The van der Waals surface area contributed by atoms with Crippen LogP contribution >= 0.6 is 0 Å². The van der Waals surface area contributed by atoms with E-state index in [1.807, 2.05) is 62.4 Å². The van der Waals surface area contributed by atoms with E-state index in [2.05, 4.69) is 36.1 Å². The second-order valence-corrected chi connectivity index (χ2v) is 14.2. The molecule has 5 heterocycles. The number of halogens is 2. The number of likely N-dealkylation sites (tertiary alicyclic amines) is 2. The number of rotatable bonds is 9. The number of hydrogen-bond donors (Lipinski definition) is 2. The highest BCUT2D eigenvalue weighted by molar-refractivity contribution is 5.90. The van der Waals surface area contributed by atoms with Crippen LogP contribution in [0.1, 0.15) is 65.8 Å². The minimum Gasteiger partial charge on any atom is -0.435 e. The van der Waals surface area contributed by atoms with Gasteiger partial charge in [-0.3, -0.25) is 14.8 Å². The Morgan fingerprint density at radius 1 is 0.887 bits per heavy atom. The van der Waals surface area contributed by atoms with Crippen LogP contribution in [0.3, 0.4) is 0 Å². The van der Waals surface area contributed by atoms with Crippen LogP contribution in [0.2, 0.25) is 0 Å². The van der Waals surface area contributed by atoms with Gasteiger partial charge in [0.2, 0.25) is 5.89 Å².